The number of carbonyl (C=O) groups excluding carboxylic acids is 1. The van der Waals surface area contributed by atoms with Crippen LogP contribution in [0.3, 0.4) is 0 Å². The molecule has 28 heavy (non-hydrogen) atoms. The maximum atomic E-state index is 13.0. The van der Waals surface area contributed by atoms with E-state index in [1.807, 2.05) is 54.6 Å². The van der Waals surface area contributed by atoms with Gasteiger partial charge in [0.15, 0.2) is 0 Å². The van der Waals surface area contributed by atoms with Gasteiger partial charge in [-0.2, -0.15) is 5.10 Å². The van der Waals surface area contributed by atoms with Crippen LogP contribution in [0.15, 0.2) is 59.7 Å². The lowest BCUT2D eigenvalue weighted by molar-refractivity contribution is -0.132. The molecule has 148 valence electrons. The molecule has 0 spiro atoms. The Balaban J connectivity index is 1.85. The molecular weight excluding hydrogens is 350 g/mol. The summed E-state index contributed by atoms with van der Waals surface area (Å²) in [6.45, 7) is 6.58. The maximum absolute atomic E-state index is 13.0. The number of ether oxygens (including phenoxy) is 1. The zero-order valence-corrected chi connectivity index (χ0v) is 17.1. The number of carbonyl (C=O) groups is 1. The van der Waals surface area contributed by atoms with Gasteiger partial charge in [0.05, 0.1) is 25.4 Å². The molecular formula is C23H29N3O2. The normalized spacial score (nSPS) is 16.8. The van der Waals surface area contributed by atoms with Gasteiger partial charge >= 0.3 is 0 Å². The zero-order valence-electron chi connectivity index (χ0n) is 17.1. The van der Waals surface area contributed by atoms with Crippen LogP contribution in [0.1, 0.15) is 50.8 Å². The van der Waals surface area contributed by atoms with E-state index >= 15 is 0 Å². The van der Waals surface area contributed by atoms with Crippen molar-refractivity contribution in [1.29, 1.82) is 0 Å². The second-order valence-electron chi connectivity index (χ2n) is 7.74. The molecule has 1 N–H and O–H groups in total. The SMILES string of the molecule is CCC(C)(C)NCC(=O)N1N=C(c2ccccc2)C[C@H]1c1ccc(OC)cc1. The molecule has 2 aromatic carbocycles. The number of nitrogens with zero attached hydrogens (tertiary/aromatic N) is 2. The lowest BCUT2D eigenvalue weighted by Crippen LogP contribution is -2.45. The Morgan fingerprint density at radius 2 is 1.86 bits per heavy atom. The first-order valence-electron chi connectivity index (χ1n) is 9.77. The molecule has 2 aromatic rings. The third-order valence-electron chi connectivity index (χ3n) is 5.38. The molecule has 0 unspecified atom stereocenters. The van der Waals surface area contributed by atoms with Gasteiger partial charge in [0.2, 0.25) is 0 Å². The summed E-state index contributed by atoms with van der Waals surface area (Å²) in [6.07, 6.45) is 1.64. The number of amides is 1. The van der Waals surface area contributed by atoms with Crippen LogP contribution in [0.2, 0.25) is 0 Å². The molecule has 1 aliphatic heterocycles. The van der Waals surface area contributed by atoms with Crippen LogP contribution in [0.25, 0.3) is 0 Å². The van der Waals surface area contributed by atoms with E-state index in [9.17, 15) is 4.79 Å². The number of nitrogens with one attached hydrogen (secondary N) is 1. The summed E-state index contributed by atoms with van der Waals surface area (Å²) in [7, 11) is 1.65. The van der Waals surface area contributed by atoms with Crippen LogP contribution < -0.4 is 10.1 Å². The highest BCUT2D eigenvalue weighted by Gasteiger charge is 2.33. The Morgan fingerprint density at radius 1 is 1.18 bits per heavy atom. The van der Waals surface area contributed by atoms with Crippen molar-refractivity contribution < 1.29 is 9.53 Å². The van der Waals surface area contributed by atoms with Crippen LogP contribution in [0.5, 0.6) is 5.75 Å². The van der Waals surface area contributed by atoms with E-state index in [0.29, 0.717) is 6.42 Å². The van der Waals surface area contributed by atoms with E-state index in [-0.39, 0.29) is 24.0 Å². The second kappa shape index (κ2) is 8.57. The predicted molar refractivity (Wildman–Crippen MR) is 113 cm³/mol. The molecule has 0 bridgehead atoms. The van der Waals surface area contributed by atoms with Crippen LogP contribution in [-0.2, 0) is 4.79 Å². The highest BCUT2D eigenvalue weighted by molar-refractivity contribution is 6.03. The largest absolute Gasteiger partial charge is 0.497 e. The van der Waals surface area contributed by atoms with Gasteiger partial charge in [-0.15, -0.1) is 0 Å². The van der Waals surface area contributed by atoms with E-state index < -0.39 is 0 Å². The standard InChI is InChI=1S/C23H29N3O2/c1-5-23(2,3)24-16-22(27)26-21(18-11-13-19(28-4)14-12-18)15-20(25-26)17-9-7-6-8-10-17/h6-14,21,24H,5,15-16H2,1-4H3/t21-/m0/s1. The van der Waals surface area contributed by atoms with Crippen molar-refractivity contribution in [3.05, 3.63) is 65.7 Å². The van der Waals surface area contributed by atoms with Crippen molar-refractivity contribution in [2.75, 3.05) is 13.7 Å². The molecule has 1 heterocycles. The van der Waals surface area contributed by atoms with Gasteiger partial charge in [-0.3, -0.25) is 4.79 Å². The van der Waals surface area contributed by atoms with Gasteiger partial charge in [-0.25, -0.2) is 5.01 Å². The number of hydrogen-bond donors (Lipinski definition) is 1. The molecule has 5 heteroatoms. The minimum Gasteiger partial charge on any atom is -0.497 e. The summed E-state index contributed by atoms with van der Waals surface area (Å²) < 4.78 is 5.27. The van der Waals surface area contributed by atoms with Gasteiger partial charge < -0.3 is 10.1 Å². The van der Waals surface area contributed by atoms with Gasteiger partial charge in [-0.05, 0) is 43.5 Å². The average molecular weight is 380 g/mol. The van der Waals surface area contributed by atoms with Crippen LogP contribution in [0.4, 0.5) is 0 Å². The summed E-state index contributed by atoms with van der Waals surface area (Å²) in [4.78, 5) is 13.0. The van der Waals surface area contributed by atoms with Crippen molar-refractivity contribution in [2.45, 2.75) is 45.2 Å². The Labute approximate surface area is 167 Å². The van der Waals surface area contributed by atoms with Crippen LogP contribution >= 0.6 is 0 Å². The van der Waals surface area contributed by atoms with Crippen molar-refractivity contribution in [2.24, 2.45) is 5.10 Å². The predicted octanol–water partition coefficient (Wildman–Crippen LogP) is 4.15. The molecule has 0 radical (unpaired) electrons. The lowest BCUT2D eigenvalue weighted by Gasteiger charge is -2.27. The second-order valence-corrected chi connectivity index (χ2v) is 7.74. The van der Waals surface area contributed by atoms with E-state index in [4.69, 9.17) is 9.84 Å². The highest BCUT2D eigenvalue weighted by Crippen LogP contribution is 2.33. The van der Waals surface area contributed by atoms with Crippen molar-refractivity contribution >= 4 is 11.6 Å². The average Bonchev–Trinajstić information content (AvgIpc) is 3.18. The topological polar surface area (TPSA) is 53.9 Å². The zero-order chi connectivity index (χ0) is 20.1. The maximum Gasteiger partial charge on any atom is 0.257 e. The van der Waals surface area contributed by atoms with Crippen LogP contribution in [0, 0.1) is 0 Å². The third-order valence-corrected chi connectivity index (χ3v) is 5.38. The molecule has 0 aromatic heterocycles. The summed E-state index contributed by atoms with van der Waals surface area (Å²) in [5.41, 5.74) is 2.96. The highest BCUT2D eigenvalue weighted by atomic mass is 16.5. The first kappa shape index (κ1) is 20.1. The summed E-state index contributed by atoms with van der Waals surface area (Å²) in [6, 6.07) is 17.8. The first-order chi connectivity index (χ1) is 13.4. The summed E-state index contributed by atoms with van der Waals surface area (Å²) >= 11 is 0. The molecule has 0 saturated carbocycles. The number of benzene rings is 2. The van der Waals surface area contributed by atoms with Crippen LogP contribution in [-0.4, -0.2) is 35.8 Å². The molecule has 1 atom stereocenters. The minimum atomic E-state index is -0.111. The van der Waals surface area contributed by atoms with Crippen molar-refractivity contribution in [1.82, 2.24) is 10.3 Å². The monoisotopic (exact) mass is 379 g/mol. The van der Waals surface area contributed by atoms with Crippen molar-refractivity contribution in [3.63, 3.8) is 0 Å². The molecule has 5 nitrogen and oxygen atoms in total. The van der Waals surface area contributed by atoms with E-state index in [2.05, 4.69) is 26.1 Å². The molecule has 0 aliphatic carbocycles. The van der Waals surface area contributed by atoms with Crippen molar-refractivity contribution in [3.8, 4) is 5.75 Å². The minimum absolute atomic E-state index is 0.0201. The summed E-state index contributed by atoms with van der Waals surface area (Å²) in [5, 5.41) is 9.71. The molecule has 1 aliphatic rings. The van der Waals surface area contributed by atoms with Gasteiger partial charge in [0.1, 0.15) is 5.75 Å². The molecule has 3 rings (SSSR count). The first-order valence-corrected chi connectivity index (χ1v) is 9.77. The van der Waals surface area contributed by atoms with E-state index in [1.165, 1.54) is 0 Å². The van der Waals surface area contributed by atoms with E-state index in [1.54, 1.807) is 12.1 Å². The fraction of sp³-hybridized carbons (Fsp3) is 0.391. The Hall–Kier alpha value is -2.66. The van der Waals surface area contributed by atoms with Gasteiger partial charge in [0, 0.05) is 12.0 Å². The number of methoxy groups -OCH3 is 1. The number of hydrogen-bond acceptors (Lipinski definition) is 4. The Morgan fingerprint density at radius 3 is 2.46 bits per heavy atom. The fourth-order valence-electron chi connectivity index (χ4n) is 3.15. The third kappa shape index (κ3) is 4.60. The Bertz CT molecular complexity index is 829. The fourth-order valence-corrected chi connectivity index (χ4v) is 3.15. The molecule has 1 amide bonds. The molecule has 0 saturated heterocycles. The van der Waals surface area contributed by atoms with E-state index in [0.717, 1.165) is 29.0 Å². The number of hydrazone groups is 1. The smallest absolute Gasteiger partial charge is 0.257 e. The molecule has 0 fully saturated rings. The Kier molecular flexibility index (Phi) is 6.15. The lowest BCUT2D eigenvalue weighted by atomic mass is 9.98. The quantitative estimate of drug-likeness (QED) is 0.786. The summed E-state index contributed by atoms with van der Waals surface area (Å²) in [5.74, 6) is 0.781. The van der Waals surface area contributed by atoms with Gasteiger partial charge in [-0.1, -0.05) is 49.4 Å². The van der Waals surface area contributed by atoms with Gasteiger partial charge in [0.25, 0.3) is 5.91 Å². The number of rotatable bonds is 7.